The average Bonchev–Trinajstić information content (AvgIpc) is 3.21. The smallest absolute Gasteiger partial charge is 0.240 e. The Kier molecular flexibility index (Phi) is 6.82. The summed E-state index contributed by atoms with van der Waals surface area (Å²) in [5.74, 6) is 0.427. The lowest BCUT2D eigenvalue weighted by Gasteiger charge is -2.30. The second-order valence-corrected chi connectivity index (χ2v) is 8.58. The molecule has 1 amide bonds. The lowest BCUT2D eigenvalue weighted by molar-refractivity contribution is -0.131. The number of carbonyl (C=O) groups excluding carboxylic acids is 1. The van der Waals surface area contributed by atoms with Crippen molar-refractivity contribution >= 4 is 17.7 Å². The molecule has 2 aromatic carbocycles. The molecule has 1 unspecified atom stereocenters. The van der Waals surface area contributed by atoms with Crippen molar-refractivity contribution < 1.29 is 9.18 Å². The molecular formula is C24H25FN4OS. The normalized spacial score (nSPS) is 14.9. The van der Waals surface area contributed by atoms with Gasteiger partial charge in [-0.3, -0.25) is 9.36 Å². The lowest BCUT2D eigenvalue weighted by Crippen LogP contribution is -2.38. The van der Waals surface area contributed by atoms with Gasteiger partial charge < -0.3 is 4.90 Å². The SMILES string of the molecule is C=CCn1c(SC(C(=O)N2CCCCC2)c2ccccc2)nnc1-c1ccc(F)cc1. The summed E-state index contributed by atoms with van der Waals surface area (Å²) < 4.78 is 15.3. The first-order valence-corrected chi connectivity index (χ1v) is 11.4. The molecule has 0 bridgehead atoms. The summed E-state index contributed by atoms with van der Waals surface area (Å²) in [6.45, 7) is 5.93. The van der Waals surface area contributed by atoms with Gasteiger partial charge in [-0.15, -0.1) is 16.8 Å². The summed E-state index contributed by atoms with van der Waals surface area (Å²) in [5.41, 5.74) is 1.71. The van der Waals surface area contributed by atoms with E-state index < -0.39 is 5.25 Å². The topological polar surface area (TPSA) is 51.0 Å². The van der Waals surface area contributed by atoms with Gasteiger partial charge >= 0.3 is 0 Å². The number of nitrogens with zero attached hydrogens (tertiary/aromatic N) is 4. The van der Waals surface area contributed by atoms with Crippen LogP contribution >= 0.6 is 11.8 Å². The molecule has 2 heterocycles. The summed E-state index contributed by atoms with van der Waals surface area (Å²) in [4.78, 5) is 15.4. The van der Waals surface area contributed by atoms with Crippen molar-refractivity contribution in [1.29, 1.82) is 0 Å². The number of piperidine rings is 1. The van der Waals surface area contributed by atoms with Crippen LogP contribution in [0, 0.1) is 5.82 Å². The summed E-state index contributed by atoms with van der Waals surface area (Å²) in [7, 11) is 0. The molecule has 0 N–H and O–H groups in total. The first kappa shape index (κ1) is 21.3. The van der Waals surface area contributed by atoms with Crippen molar-refractivity contribution in [1.82, 2.24) is 19.7 Å². The van der Waals surface area contributed by atoms with Crippen LogP contribution in [0.3, 0.4) is 0 Å². The number of hydrogen-bond acceptors (Lipinski definition) is 4. The minimum Gasteiger partial charge on any atom is -0.341 e. The molecule has 1 aromatic heterocycles. The minimum absolute atomic E-state index is 0.104. The molecule has 1 saturated heterocycles. The largest absolute Gasteiger partial charge is 0.341 e. The van der Waals surface area contributed by atoms with E-state index in [0.717, 1.165) is 37.1 Å². The quantitative estimate of drug-likeness (QED) is 0.381. The molecule has 1 aliphatic heterocycles. The fourth-order valence-electron chi connectivity index (χ4n) is 3.76. The number of amides is 1. The Hall–Kier alpha value is -2.93. The first-order chi connectivity index (χ1) is 15.2. The summed E-state index contributed by atoms with van der Waals surface area (Å²) in [5, 5.41) is 8.97. The number of likely N-dealkylation sites (tertiary alicyclic amines) is 1. The fourth-order valence-corrected chi connectivity index (χ4v) is 4.89. The molecule has 3 aromatic rings. The molecule has 1 atom stereocenters. The van der Waals surface area contributed by atoms with Crippen LogP contribution in [0.5, 0.6) is 0 Å². The van der Waals surface area contributed by atoms with Crippen LogP contribution in [0.2, 0.25) is 0 Å². The van der Waals surface area contributed by atoms with Gasteiger partial charge in [0, 0.05) is 25.2 Å². The van der Waals surface area contributed by atoms with Gasteiger partial charge in [0.25, 0.3) is 0 Å². The number of aromatic nitrogens is 3. The third-order valence-electron chi connectivity index (χ3n) is 5.35. The van der Waals surface area contributed by atoms with Gasteiger partial charge in [0.2, 0.25) is 5.91 Å². The molecular weight excluding hydrogens is 411 g/mol. The highest BCUT2D eigenvalue weighted by Crippen LogP contribution is 2.37. The number of thioether (sulfide) groups is 1. The van der Waals surface area contributed by atoms with Crippen LogP contribution in [0.25, 0.3) is 11.4 Å². The fraction of sp³-hybridized carbons (Fsp3) is 0.292. The highest BCUT2D eigenvalue weighted by atomic mass is 32.2. The Labute approximate surface area is 186 Å². The Bertz CT molecular complexity index is 1030. The van der Waals surface area contributed by atoms with E-state index in [1.807, 2.05) is 39.8 Å². The minimum atomic E-state index is -0.409. The monoisotopic (exact) mass is 436 g/mol. The van der Waals surface area contributed by atoms with E-state index in [9.17, 15) is 9.18 Å². The van der Waals surface area contributed by atoms with Crippen LogP contribution in [-0.4, -0.2) is 38.7 Å². The zero-order chi connectivity index (χ0) is 21.6. The number of halogens is 1. The van der Waals surface area contributed by atoms with Crippen LogP contribution in [0.15, 0.2) is 72.4 Å². The maximum Gasteiger partial charge on any atom is 0.240 e. The molecule has 0 saturated carbocycles. The highest BCUT2D eigenvalue weighted by Gasteiger charge is 2.30. The average molecular weight is 437 g/mol. The molecule has 4 rings (SSSR count). The van der Waals surface area contributed by atoms with Gasteiger partial charge in [-0.1, -0.05) is 48.2 Å². The van der Waals surface area contributed by atoms with E-state index in [-0.39, 0.29) is 11.7 Å². The van der Waals surface area contributed by atoms with Gasteiger partial charge in [0.1, 0.15) is 11.1 Å². The third kappa shape index (κ3) is 4.88. The zero-order valence-electron chi connectivity index (χ0n) is 17.3. The maximum atomic E-state index is 13.5. The Morgan fingerprint density at radius 1 is 1.06 bits per heavy atom. The van der Waals surface area contributed by atoms with Crippen molar-refractivity contribution in [3.05, 3.63) is 78.6 Å². The van der Waals surface area contributed by atoms with Gasteiger partial charge in [-0.05, 0) is 49.1 Å². The van der Waals surface area contributed by atoms with Gasteiger partial charge in [0.05, 0.1) is 0 Å². The predicted octanol–water partition coefficient (Wildman–Crippen LogP) is 5.12. The zero-order valence-corrected chi connectivity index (χ0v) is 18.1. The summed E-state index contributed by atoms with van der Waals surface area (Å²) in [6, 6.07) is 16.0. The second-order valence-electron chi connectivity index (χ2n) is 7.51. The molecule has 0 spiro atoms. The van der Waals surface area contributed by atoms with E-state index in [0.29, 0.717) is 17.5 Å². The predicted molar refractivity (Wildman–Crippen MR) is 121 cm³/mol. The van der Waals surface area contributed by atoms with Crippen LogP contribution < -0.4 is 0 Å². The molecule has 5 nitrogen and oxygen atoms in total. The van der Waals surface area contributed by atoms with Gasteiger partial charge in [0.15, 0.2) is 11.0 Å². The van der Waals surface area contributed by atoms with E-state index in [2.05, 4.69) is 16.8 Å². The lowest BCUT2D eigenvalue weighted by atomic mass is 10.1. The van der Waals surface area contributed by atoms with E-state index >= 15 is 0 Å². The highest BCUT2D eigenvalue weighted by molar-refractivity contribution is 8.00. The number of benzene rings is 2. The number of carbonyl (C=O) groups is 1. The Morgan fingerprint density at radius 3 is 2.45 bits per heavy atom. The van der Waals surface area contributed by atoms with E-state index in [1.54, 1.807) is 18.2 Å². The molecule has 160 valence electrons. The van der Waals surface area contributed by atoms with Gasteiger partial charge in [-0.2, -0.15) is 0 Å². The van der Waals surface area contributed by atoms with Crippen molar-refractivity contribution in [3.63, 3.8) is 0 Å². The van der Waals surface area contributed by atoms with Crippen LogP contribution in [-0.2, 0) is 11.3 Å². The van der Waals surface area contributed by atoms with Gasteiger partial charge in [-0.25, -0.2) is 4.39 Å². The van der Waals surface area contributed by atoms with Crippen molar-refractivity contribution in [3.8, 4) is 11.4 Å². The standard InChI is InChI=1S/C24H25FN4OS/c1-2-15-29-22(19-11-13-20(25)14-12-19)26-27-24(29)31-21(18-9-5-3-6-10-18)23(30)28-16-7-4-8-17-28/h2-3,5-6,9-14,21H,1,4,7-8,15-17H2. The summed E-state index contributed by atoms with van der Waals surface area (Å²) in [6.07, 6.45) is 5.02. The maximum absolute atomic E-state index is 13.5. The van der Waals surface area contributed by atoms with Crippen LogP contribution in [0.1, 0.15) is 30.1 Å². The Morgan fingerprint density at radius 2 is 1.77 bits per heavy atom. The van der Waals surface area contributed by atoms with Crippen molar-refractivity contribution in [2.75, 3.05) is 13.1 Å². The van der Waals surface area contributed by atoms with Crippen molar-refractivity contribution in [2.24, 2.45) is 0 Å². The third-order valence-corrected chi connectivity index (χ3v) is 6.57. The molecule has 1 aliphatic rings. The van der Waals surface area contributed by atoms with Crippen LogP contribution in [0.4, 0.5) is 4.39 Å². The molecule has 7 heteroatoms. The second kappa shape index (κ2) is 9.92. The van der Waals surface area contributed by atoms with Crippen molar-refractivity contribution in [2.45, 2.75) is 36.2 Å². The number of allylic oxidation sites excluding steroid dienone is 1. The molecule has 0 radical (unpaired) electrons. The van der Waals surface area contributed by atoms with E-state index in [1.165, 1.54) is 30.3 Å². The summed E-state index contributed by atoms with van der Waals surface area (Å²) >= 11 is 1.41. The first-order valence-electron chi connectivity index (χ1n) is 10.5. The molecule has 0 aliphatic carbocycles. The Balaban J connectivity index is 1.68. The number of rotatable bonds is 7. The van der Waals surface area contributed by atoms with E-state index in [4.69, 9.17) is 0 Å². The molecule has 31 heavy (non-hydrogen) atoms. The molecule has 1 fully saturated rings. The number of hydrogen-bond donors (Lipinski definition) is 0.